The zero-order valence-corrected chi connectivity index (χ0v) is 8.49. The van der Waals surface area contributed by atoms with Gasteiger partial charge < -0.3 is 9.84 Å². The van der Waals surface area contributed by atoms with Gasteiger partial charge in [-0.2, -0.15) is 0 Å². The van der Waals surface area contributed by atoms with Gasteiger partial charge in [0.05, 0.1) is 6.61 Å². The molecule has 4 heteroatoms. The van der Waals surface area contributed by atoms with Gasteiger partial charge in [-0.25, -0.2) is 0 Å². The molecular weight excluding hydrogens is 204 g/mol. The summed E-state index contributed by atoms with van der Waals surface area (Å²) in [5.74, 6) is -1.52. The standard InChI is InChI=1S/C10H11ClO3/c1-14-6-9(10(12)13)7-2-4-8(11)5-3-7/h2-5,9H,6H2,1H3,(H,12,13). The molecule has 76 valence electrons. The lowest BCUT2D eigenvalue weighted by Crippen LogP contribution is -2.16. The molecular formula is C10H11ClO3. The zero-order valence-electron chi connectivity index (χ0n) is 7.74. The predicted octanol–water partition coefficient (Wildman–Crippen LogP) is 2.15. The van der Waals surface area contributed by atoms with Crippen LogP contribution in [-0.2, 0) is 9.53 Å². The van der Waals surface area contributed by atoms with Crippen LogP contribution in [0.15, 0.2) is 24.3 Å². The summed E-state index contributed by atoms with van der Waals surface area (Å²) in [7, 11) is 1.48. The first-order valence-electron chi connectivity index (χ1n) is 4.12. The Labute approximate surface area is 87.3 Å². The summed E-state index contributed by atoms with van der Waals surface area (Å²) in [5, 5.41) is 9.51. The van der Waals surface area contributed by atoms with Crippen molar-refractivity contribution < 1.29 is 14.6 Å². The molecule has 1 aromatic rings. The van der Waals surface area contributed by atoms with Gasteiger partial charge in [0.2, 0.25) is 0 Å². The van der Waals surface area contributed by atoms with Crippen molar-refractivity contribution in [3.05, 3.63) is 34.9 Å². The van der Waals surface area contributed by atoms with Crippen LogP contribution < -0.4 is 0 Å². The lowest BCUT2D eigenvalue weighted by Gasteiger charge is -2.11. The fourth-order valence-electron chi connectivity index (χ4n) is 1.17. The number of carbonyl (C=O) groups is 1. The molecule has 0 spiro atoms. The summed E-state index contributed by atoms with van der Waals surface area (Å²) >= 11 is 5.69. The molecule has 0 bridgehead atoms. The summed E-state index contributed by atoms with van der Waals surface area (Å²) in [5.41, 5.74) is 0.698. The molecule has 3 nitrogen and oxygen atoms in total. The smallest absolute Gasteiger partial charge is 0.313 e. The number of hydrogen-bond acceptors (Lipinski definition) is 2. The average molecular weight is 215 g/mol. The van der Waals surface area contributed by atoms with Crippen LogP contribution in [0.3, 0.4) is 0 Å². The second kappa shape index (κ2) is 4.98. The van der Waals surface area contributed by atoms with Crippen LogP contribution in [0.25, 0.3) is 0 Å². The first-order valence-corrected chi connectivity index (χ1v) is 4.50. The Kier molecular flexibility index (Phi) is 3.92. The van der Waals surface area contributed by atoms with Crippen LogP contribution in [0.4, 0.5) is 0 Å². The van der Waals surface area contributed by atoms with E-state index in [0.29, 0.717) is 10.6 Å². The lowest BCUT2D eigenvalue weighted by atomic mass is 10.0. The minimum atomic E-state index is -0.894. The average Bonchev–Trinajstić information content (AvgIpc) is 2.15. The van der Waals surface area contributed by atoms with Crippen molar-refractivity contribution in [2.24, 2.45) is 0 Å². The van der Waals surface area contributed by atoms with E-state index in [1.165, 1.54) is 7.11 Å². The first-order chi connectivity index (χ1) is 6.65. The molecule has 1 unspecified atom stereocenters. The van der Waals surface area contributed by atoms with E-state index in [1.807, 2.05) is 0 Å². The maximum absolute atomic E-state index is 10.9. The molecule has 0 aliphatic heterocycles. The van der Waals surface area contributed by atoms with E-state index < -0.39 is 11.9 Å². The molecule has 0 saturated heterocycles. The lowest BCUT2D eigenvalue weighted by molar-refractivity contribution is -0.140. The Bertz CT molecular complexity index is 308. The summed E-state index contributed by atoms with van der Waals surface area (Å²) in [6, 6.07) is 6.73. The molecule has 1 atom stereocenters. The predicted molar refractivity (Wildman–Crippen MR) is 53.7 cm³/mol. The van der Waals surface area contributed by atoms with E-state index >= 15 is 0 Å². The molecule has 0 aromatic heterocycles. The van der Waals surface area contributed by atoms with Crippen molar-refractivity contribution in [1.82, 2.24) is 0 Å². The number of methoxy groups -OCH3 is 1. The maximum Gasteiger partial charge on any atom is 0.313 e. The summed E-state index contributed by atoms with van der Waals surface area (Å²) in [6.45, 7) is 0.164. The summed E-state index contributed by atoms with van der Waals surface area (Å²) in [4.78, 5) is 10.9. The highest BCUT2D eigenvalue weighted by Gasteiger charge is 2.19. The van der Waals surface area contributed by atoms with E-state index in [2.05, 4.69) is 0 Å². The van der Waals surface area contributed by atoms with Crippen molar-refractivity contribution in [2.75, 3.05) is 13.7 Å². The molecule has 0 saturated carbocycles. The van der Waals surface area contributed by atoms with Crippen LogP contribution in [0.5, 0.6) is 0 Å². The molecule has 0 aliphatic rings. The van der Waals surface area contributed by atoms with Crippen molar-refractivity contribution in [1.29, 1.82) is 0 Å². The van der Waals surface area contributed by atoms with Gasteiger partial charge in [-0.1, -0.05) is 23.7 Å². The monoisotopic (exact) mass is 214 g/mol. The van der Waals surface area contributed by atoms with Crippen LogP contribution in [0.1, 0.15) is 11.5 Å². The van der Waals surface area contributed by atoms with Crippen molar-refractivity contribution in [3.8, 4) is 0 Å². The molecule has 0 heterocycles. The maximum atomic E-state index is 10.9. The quantitative estimate of drug-likeness (QED) is 0.836. The third-order valence-corrected chi connectivity index (χ3v) is 2.16. The number of benzene rings is 1. The number of carboxylic acid groups (broad SMARTS) is 1. The van der Waals surface area contributed by atoms with E-state index in [4.69, 9.17) is 21.4 Å². The van der Waals surface area contributed by atoms with Crippen LogP contribution in [0, 0.1) is 0 Å². The number of rotatable bonds is 4. The number of aliphatic carboxylic acids is 1. The third kappa shape index (κ3) is 2.72. The number of hydrogen-bond donors (Lipinski definition) is 1. The van der Waals surface area contributed by atoms with E-state index in [1.54, 1.807) is 24.3 Å². The minimum Gasteiger partial charge on any atom is -0.481 e. The summed E-state index contributed by atoms with van der Waals surface area (Å²) in [6.07, 6.45) is 0. The van der Waals surface area contributed by atoms with Crippen LogP contribution >= 0.6 is 11.6 Å². The van der Waals surface area contributed by atoms with Crippen molar-refractivity contribution in [2.45, 2.75) is 5.92 Å². The molecule has 1 aromatic carbocycles. The van der Waals surface area contributed by atoms with Crippen molar-refractivity contribution >= 4 is 17.6 Å². The van der Waals surface area contributed by atoms with E-state index in [0.717, 1.165) is 0 Å². The molecule has 0 fully saturated rings. The molecule has 0 amide bonds. The van der Waals surface area contributed by atoms with Crippen LogP contribution in [0.2, 0.25) is 5.02 Å². The highest BCUT2D eigenvalue weighted by molar-refractivity contribution is 6.30. The molecule has 1 N–H and O–H groups in total. The SMILES string of the molecule is COCC(C(=O)O)c1ccc(Cl)cc1. The van der Waals surface area contributed by atoms with Gasteiger partial charge in [-0.3, -0.25) is 4.79 Å². The number of halogens is 1. The van der Waals surface area contributed by atoms with E-state index in [9.17, 15) is 4.79 Å². The highest BCUT2D eigenvalue weighted by Crippen LogP contribution is 2.18. The molecule has 14 heavy (non-hydrogen) atoms. The highest BCUT2D eigenvalue weighted by atomic mass is 35.5. The van der Waals surface area contributed by atoms with Gasteiger partial charge in [0.1, 0.15) is 5.92 Å². The molecule has 0 radical (unpaired) electrons. The summed E-state index contributed by atoms with van der Waals surface area (Å²) < 4.78 is 4.84. The Morgan fingerprint density at radius 1 is 1.50 bits per heavy atom. The van der Waals surface area contributed by atoms with Gasteiger partial charge in [0.15, 0.2) is 0 Å². The van der Waals surface area contributed by atoms with Gasteiger partial charge in [0, 0.05) is 12.1 Å². The number of carboxylic acids is 1. The fraction of sp³-hybridized carbons (Fsp3) is 0.300. The normalized spacial score (nSPS) is 12.4. The van der Waals surface area contributed by atoms with E-state index in [-0.39, 0.29) is 6.61 Å². The molecule has 0 aliphatic carbocycles. The second-order valence-corrected chi connectivity index (χ2v) is 3.33. The van der Waals surface area contributed by atoms with Gasteiger partial charge >= 0.3 is 5.97 Å². The van der Waals surface area contributed by atoms with Gasteiger partial charge in [-0.15, -0.1) is 0 Å². The topological polar surface area (TPSA) is 46.5 Å². The number of ether oxygens (including phenoxy) is 1. The van der Waals surface area contributed by atoms with Crippen molar-refractivity contribution in [3.63, 3.8) is 0 Å². The zero-order chi connectivity index (χ0) is 10.6. The second-order valence-electron chi connectivity index (χ2n) is 2.90. The molecule has 1 rings (SSSR count). The minimum absolute atomic E-state index is 0.164. The third-order valence-electron chi connectivity index (χ3n) is 1.90. The Morgan fingerprint density at radius 2 is 2.07 bits per heavy atom. The Hall–Kier alpha value is -1.06. The first kappa shape index (κ1) is 11.0. The van der Waals surface area contributed by atoms with Gasteiger partial charge in [-0.05, 0) is 17.7 Å². The van der Waals surface area contributed by atoms with Gasteiger partial charge in [0.25, 0.3) is 0 Å². The van der Waals surface area contributed by atoms with Crippen LogP contribution in [-0.4, -0.2) is 24.8 Å². The largest absolute Gasteiger partial charge is 0.481 e. The fourth-order valence-corrected chi connectivity index (χ4v) is 1.30. The Morgan fingerprint density at radius 3 is 2.50 bits per heavy atom. The Balaban J connectivity index is 2.87.